The first-order valence-corrected chi connectivity index (χ1v) is 9.11. The normalized spacial score (nSPS) is 14.5. The van der Waals surface area contributed by atoms with Crippen molar-refractivity contribution in [1.82, 2.24) is 15.1 Å². The first kappa shape index (κ1) is 18.8. The lowest BCUT2D eigenvalue weighted by atomic mass is 10.2. The van der Waals surface area contributed by atoms with Gasteiger partial charge in [-0.25, -0.2) is 4.39 Å². The minimum atomic E-state index is -4.47. The molecule has 3 rings (SSSR count). The molecule has 0 aliphatic heterocycles. The maximum atomic E-state index is 12.8. The number of aromatic nitrogens is 2. The molecule has 0 radical (unpaired) electrons. The highest BCUT2D eigenvalue weighted by molar-refractivity contribution is 8.00. The van der Waals surface area contributed by atoms with E-state index >= 15 is 0 Å². The predicted molar refractivity (Wildman–Crippen MR) is 89.3 cm³/mol. The molecule has 0 bridgehead atoms. The number of carbonyl (C=O) groups is 1. The maximum Gasteiger partial charge on any atom is 0.435 e. The quantitative estimate of drug-likeness (QED) is 0.580. The average molecular weight is 387 g/mol. The smallest absolute Gasteiger partial charge is 0.354 e. The van der Waals surface area contributed by atoms with Crippen LogP contribution in [-0.2, 0) is 17.5 Å². The third-order valence-electron chi connectivity index (χ3n) is 3.93. The van der Waals surface area contributed by atoms with Gasteiger partial charge in [0, 0.05) is 23.1 Å². The van der Waals surface area contributed by atoms with Gasteiger partial charge in [0.1, 0.15) is 5.82 Å². The van der Waals surface area contributed by atoms with Crippen molar-refractivity contribution in [2.45, 2.75) is 36.4 Å². The number of rotatable bonds is 7. The molecule has 1 heterocycles. The molecule has 0 saturated heterocycles. The molecular formula is C17H17F4N3OS. The molecule has 26 heavy (non-hydrogen) atoms. The summed E-state index contributed by atoms with van der Waals surface area (Å²) in [5.74, 6) is -0.310. The summed E-state index contributed by atoms with van der Waals surface area (Å²) in [6.07, 6.45) is -2.74. The van der Waals surface area contributed by atoms with Crippen LogP contribution in [0.1, 0.15) is 30.1 Å². The molecule has 0 atom stereocenters. The van der Waals surface area contributed by atoms with E-state index in [0.29, 0.717) is 5.69 Å². The van der Waals surface area contributed by atoms with Crippen LogP contribution in [0, 0.1) is 5.82 Å². The molecule has 1 N–H and O–H groups in total. The van der Waals surface area contributed by atoms with Gasteiger partial charge < -0.3 is 5.32 Å². The molecule has 140 valence electrons. The summed E-state index contributed by atoms with van der Waals surface area (Å²) < 4.78 is 52.6. The van der Waals surface area contributed by atoms with Gasteiger partial charge in [0.05, 0.1) is 12.3 Å². The van der Waals surface area contributed by atoms with Crippen molar-refractivity contribution in [3.05, 3.63) is 47.5 Å². The molecule has 0 spiro atoms. The van der Waals surface area contributed by atoms with E-state index in [2.05, 4.69) is 10.4 Å². The van der Waals surface area contributed by atoms with Gasteiger partial charge in [-0.3, -0.25) is 9.48 Å². The molecule has 1 aliphatic carbocycles. The standard InChI is InChI=1S/C17H17F4N3OS/c18-12-3-5-13(6-4-12)26-10-16(25)22-7-8-24-14(11-1-2-11)9-15(23-24)17(19,20)21/h3-6,9,11H,1-2,7-8,10H2,(H,22,25). The Morgan fingerprint density at radius 1 is 1.27 bits per heavy atom. The van der Waals surface area contributed by atoms with Gasteiger partial charge in [0.25, 0.3) is 0 Å². The van der Waals surface area contributed by atoms with Gasteiger partial charge in [-0.05, 0) is 43.2 Å². The van der Waals surface area contributed by atoms with Crippen molar-refractivity contribution in [2.75, 3.05) is 12.3 Å². The van der Waals surface area contributed by atoms with Crippen LogP contribution in [0.25, 0.3) is 0 Å². The summed E-state index contributed by atoms with van der Waals surface area (Å²) in [6, 6.07) is 6.89. The number of hydrogen-bond acceptors (Lipinski definition) is 3. The topological polar surface area (TPSA) is 46.9 Å². The minimum absolute atomic E-state index is 0.128. The largest absolute Gasteiger partial charge is 0.435 e. The van der Waals surface area contributed by atoms with Crippen LogP contribution in [0.5, 0.6) is 0 Å². The van der Waals surface area contributed by atoms with Crippen molar-refractivity contribution >= 4 is 17.7 Å². The van der Waals surface area contributed by atoms with Crippen molar-refractivity contribution < 1.29 is 22.4 Å². The van der Waals surface area contributed by atoms with Crippen LogP contribution < -0.4 is 5.32 Å². The SMILES string of the molecule is O=C(CSc1ccc(F)cc1)NCCn1nc(C(F)(F)F)cc1C1CC1. The monoisotopic (exact) mass is 387 g/mol. The average Bonchev–Trinajstić information content (AvgIpc) is 3.33. The first-order chi connectivity index (χ1) is 12.3. The van der Waals surface area contributed by atoms with Crippen molar-refractivity contribution in [1.29, 1.82) is 0 Å². The van der Waals surface area contributed by atoms with Crippen LogP contribution >= 0.6 is 11.8 Å². The molecule has 1 saturated carbocycles. The zero-order chi connectivity index (χ0) is 18.7. The van der Waals surface area contributed by atoms with Gasteiger partial charge in [-0.2, -0.15) is 18.3 Å². The number of benzene rings is 1. The number of nitrogens with one attached hydrogen (secondary N) is 1. The molecule has 0 unspecified atom stereocenters. The van der Waals surface area contributed by atoms with Crippen molar-refractivity contribution in [2.24, 2.45) is 0 Å². The molecule has 9 heteroatoms. The van der Waals surface area contributed by atoms with Gasteiger partial charge >= 0.3 is 6.18 Å². The number of nitrogens with zero attached hydrogens (tertiary/aromatic N) is 2. The number of carbonyl (C=O) groups excluding carboxylic acids is 1. The van der Waals surface area contributed by atoms with Crippen LogP contribution in [0.3, 0.4) is 0 Å². The van der Waals surface area contributed by atoms with Gasteiger partial charge in [0.2, 0.25) is 5.91 Å². The Labute approximate surface area is 152 Å². The molecular weight excluding hydrogens is 370 g/mol. The lowest BCUT2D eigenvalue weighted by Gasteiger charge is -2.08. The number of amides is 1. The Bertz CT molecular complexity index is 769. The van der Waals surface area contributed by atoms with E-state index < -0.39 is 11.9 Å². The second-order valence-corrected chi connectivity index (χ2v) is 7.09. The van der Waals surface area contributed by atoms with E-state index in [1.54, 1.807) is 12.1 Å². The zero-order valence-electron chi connectivity index (χ0n) is 13.7. The van der Waals surface area contributed by atoms with Crippen LogP contribution in [0.2, 0.25) is 0 Å². The fourth-order valence-corrected chi connectivity index (χ4v) is 3.22. The first-order valence-electron chi connectivity index (χ1n) is 8.13. The third-order valence-corrected chi connectivity index (χ3v) is 4.94. The zero-order valence-corrected chi connectivity index (χ0v) is 14.5. The Morgan fingerprint density at radius 2 is 1.96 bits per heavy atom. The highest BCUT2D eigenvalue weighted by Crippen LogP contribution is 2.42. The summed E-state index contributed by atoms with van der Waals surface area (Å²) >= 11 is 1.26. The van der Waals surface area contributed by atoms with Gasteiger partial charge in [-0.1, -0.05) is 0 Å². The van der Waals surface area contributed by atoms with Crippen LogP contribution in [-0.4, -0.2) is 28.0 Å². The second-order valence-electron chi connectivity index (χ2n) is 6.04. The fourth-order valence-electron chi connectivity index (χ4n) is 2.49. The van der Waals surface area contributed by atoms with E-state index in [9.17, 15) is 22.4 Å². The number of thioether (sulfide) groups is 1. The fraction of sp³-hybridized carbons (Fsp3) is 0.412. The predicted octanol–water partition coefficient (Wildman–Crippen LogP) is 3.83. The van der Waals surface area contributed by atoms with Crippen LogP contribution in [0.15, 0.2) is 35.2 Å². The maximum absolute atomic E-state index is 12.8. The van der Waals surface area contributed by atoms with E-state index in [0.717, 1.165) is 23.8 Å². The molecule has 1 aromatic heterocycles. The second kappa shape index (κ2) is 7.69. The Balaban J connectivity index is 1.49. The van der Waals surface area contributed by atoms with Crippen LogP contribution in [0.4, 0.5) is 17.6 Å². The third kappa shape index (κ3) is 5.00. The molecule has 1 aliphatic rings. The van der Waals surface area contributed by atoms with Crippen molar-refractivity contribution in [3.8, 4) is 0 Å². The lowest BCUT2D eigenvalue weighted by Crippen LogP contribution is -2.29. The van der Waals surface area contributed by atoms with E-state index in [4.69, 9.17) is 0 Å². The van der Waals surface area contributed by atoms with Crippen molar-refractivity contribution in [3.63, 3.8) is 0 Å². The summed E-state index contributed by atoms with van der Waals surface area (Å²) in [4.78, 5) is 12.6. The van der Waals surface area contributed by atoms with E-state index in [1.165, 1.54) is 28.6 Å². The highest BCUT2D eigenvalue weighted by atomic mass is 32.2. The van der Waals surface area contributed by atoms with Gasteiger partial charge in [-0.15, -0.1) is 11.8 Å². The van der Waals surface area contributed by atoms with E-state index in [-0.39, 0.29) is 36.5 Å². The Kier molecular flexibility index (Phi) is 5.55. The Morgan fingerprint density at radius 3 is 2.58 bits per heavy atom. The molecule has 4 nitrogen and oxygen atoms in total. The lowest BCUT2D eigenvalue weighted by molar-refractivity contribution is -0.141. The Hall–Kier alpha value is -2.03. The number of hydrogen-bond donors (Lipinski definition) is 1. The molecule has 1 amide bonds. The molecule has 1 fully saturated rings. The summed E-state index contributed by atoms with van der Waals surface area (Å²) in [6.45, 7) is 0.385. The van der Waals surface area contributed by atoms with Gasteiger partial charge in [0.15, 0.2) is 5.69 Å². The summed E-state index contributed by atoms with van der Waals surface area (Å²) in [5, 5.41) is 6.31. The minimum Gasteiger partial charge on any atom is -0.354 e. The number of halogens is 4. The number of alkyl halides is 3. The molecule has 2 aromatic rings. The van der Waals surface area contributed by atoms with E-state index in [1.807, 2.05) is 0 Å². The molecule has 1 aromatic carbocycles. The summed E-state index contributed by atoms with van der Waals surface area (Å²) in [7, 11) is 0. The summed E-state index contributed by atoms with van der Waals surface area (Å²) in [5.41, 5.74) is -0.315. The highest BCUT2D eigenvalue weighted by Gasteiger charge is 2.37.